The van der Waals surface area contributed by atoms with Crippen molar-refractivity contribution in [1.82, 2.24) is 10.2 Å². The van der Waals surface area contributed by atoms with Gasteiger partial charge in [0.25, 0.3) is 5.91 Å². The van der Waals surface area contributed by atoms with Crippen LogP contribution in [0.3, 0.4) is 0 Å². The minimum Gasteiger partial charge on any atom is -0.484 e. The van der Waals surface area contributed by atoms with Gasteiger partial charge in [-0.2, -0.15) is 0 Å². The SMILES string of the molecule is CCc1ccc(OCC(=O)N(Cc2ccc(Br)cc2)[C@H](Cc2ccccc2)C(=O)N[C@@H](C)CC)cc1. The van der Waals surface area contributed by atoms with Crippen LogP contribution in [0, 0.1) is 0 Å². The molecule has 3 aromatic rings. The summed E-state index contributed by atoms with van der Waals surface area (Å²) in [5.41, 5.74) is 3.13. The summed E-state index contributed by atoms with van der Waals surface area (Å²) in [6.45, 7) is 6.25. The van der Waals surface area contributed by atoms with Gasteiger partial charge in [-0.05, 0) is 60.7 Å². The average Bonchev–Trinajstić information content (AvgIpc) is 2.91. The molecule has 5 nitrogen and oxygen atoms in total. The predicted octanol–water partition coefficient (Wildman–Crippen LogP) is 5.95. The molecule has 0 spiro atoms. The van der Waals surface area contributed by atoms with Gasteiger partial charge >= 0.3 is 0 Å². The number of aryl methyl sites for hydroxylation is 1. The van der Waals surface area contributed by atoms with Crippen molar-refractivity contribution in [3.8, 4) is 5.75 Å². The van der Waals surface area contributed by atoms with E-state index in [1.165, 1.54) is 5.56 Å². The van der Waals surface area contributed by atoms with E-state index in [1.54, 1.807) is 4.90 Å². The molecule has 3 rings (SSSR count). The molecule has 0 aliphatic carbocycles. The summed E-state index contributed by atoms with van der Waals surface area (Å²) in [5.74, 6) is 0.233. The van der Waals surface area contributed by atoms with Crippen LogP contribution in [0.1, 0.15) is 43.9 Å². The van der Waals surface area contributed by atoms with E-state index in [0.29, 0.717) is 18.7 Å². The topological polar surface area (TPSA) is 58.6 Å². The minimum atomic E-state index is -0.677. The Balaban J connectivity index is 1.88. The molecule has 0 radical (unpaired) electrons. The molecule has 1 N–H and O–H groups in total. The number of ether oxygens (including phenoxy) is 1. The van der Waals surface area contributed by atoms with Crippen LogP contribution in [0.5, 0.6) is 5.75 Å². The molecule has 0 aliphatic rings. The molecule has 0 saturated carbocycles. The number of amides is 2. The molecular weight excluding hydrogens is 516 g/mol. The molecule has 6 heteroatoms. The number of carbonyl (C=O) groups is 2. The fourth-order valence-corrected chi connectivity index (χ4v) is 4.10. The highest BCUT2D eigenvalue weighted by molar-refractivity contribution is 9.10. The van der Waals surface area contributed by atoms with Crippen LogP contribution in [-0.2, 0) is 29.0 Å². The van der Waals surface area contributed by atoms with Gasteiger partial charge in [0.15, 0.2) is 6.61 Å². The first-order valence-corrected chi connectivity index (χ1v) is 13.3. The lowest BCUT2D eigenvalue weighted by Gasteiger charge is -2.32. The Bertz CT molecular complexity index is 1100. The van der Waals surface area contributed by atoms with Gasteiger partial charge in [-0.25, -0.2) is 0 Å². The van der Waals surface area contributed by atoms with Crippen molar-refractivity contribution in [2.75, 3.05) is 6.61 Å². The molecule has 0 heterocycles. The number of halogens is 1. The number of benzene rings is 3. The molecule has 2 atom stereocenters. The third-order valence-corrected chi connectivity index (χ3v) is 6.76. The van der Waals surface area contributed by atoms with Gasteiger partial charge in [-0.3, -0.25) is 9.59 Å². The van der Waals surface area contributed by atoms with E-state index in [1.807, 2.05) is 92.7 Å². The van der Waals surface area contributed by atoms with Crippen molar-refractivity contribution < 1.29 is 14.3 Å². The van der Waals surface area contributed by atoms with Crippen LogP contribution in [0.15, 0.2) is 83.3 Å². The van der Waals surface area contributed by atoms with Crippen molar-refractivity contribution >= 4 is 27.7 Å². The Morgan fingerprint density at radius 2 is 1.53 bits per heavy atom. The van der Waals surface area contributed by atoms with E-state index in [4.69, 9.17) is 4.74 Å². The normalized spacial score (nSPS) is 12.4. The van der Waals surface area contributed by atoms with Crippen LogP contribution in [-0.4, -0.2) is 35.4 Å². The molecule has 0 fully saturated rings. The summed E-state index contributed by atoms with van der Waals surface area (Å²) in [7, 11) is 0. The summed E-state index contributed by atoms with van der Waals surface area (Å²) in [6, 6.07) is 24.7. The fraction of sp³-hybridized carbons (Fsp3) is 0.333. The first kappa shape index (κ1) is 27.5. The first-order chi connectivity index (χ1) is 17.4. The van der Waals surface area contributed by atoms with E-state index in [9.17, 15) is 9.59 Å². The Morgan fingerprint density at radius 1 is 0.889 bits per heavy atom. The molecule has 2 amide bonds. The molecule has 0 bridgehead atoms. The van der Waals surface area contributed by atoms with Crippen molar-refractivity contribution in [2.24, 2.45) is 0 Å². The van der Waals surface area contributed by atoms with Gasteiger partial charge in [0.1, 0.15) is 11.8 Å². The lowest BCUT2D eigenvalue weighted by atomic mass is 10.0. The number of hydrogen-bond donors (Lipinski definition) is 1. The van der Waals surface area contributed by atoms with E-state index in [-0.39, 0.29) is 24.5 Å². The quantitative estimate of drug-likeness (QED) is 0.303. The largest absolute Gasteiger partial charge is 0.484 e. The van der Waals surface area contributed by atoms with Crippen molar-refractivity contribution in [3.05, 3.63) is 100 Å². The third kappa shape index (κ3) is 8.23. The maximum atomic E-state index is 13.6. The van der Waals surface area contributed by atoms with Crippen molar-refractivity contribution in [2.45, 2.75) is 58.7 Å². The molecule has 3 aromatic carbocycles. The van der Waals surface area contributed by atoms with Gasteiger partial charge in [-0.15, -0.1) is 0 Å². The lowest BCUT2D eigenvalue weighted by Crippen LogP contribution is -2.53. The second kappa shape index (κ2) is 13.8. The zero-order chi connectivity index (χ0) is 25.9. The fourth-order valence-electron chi connectivity index (χ4n) is 3.83. The molecular formula is C30H35BrN2O3. The van der Waals surface area contributed by atoms with Crippen LogP contribution < -0.4 is 10.1 Å². The Labute approximate surface area is 223 Å². The summed E-state index contributed by atoms with van der Waals surface area (Å²) in [4.78, 5) is 28.8. The van der Waals surface area contributed by atoms with Gasteiger partial charge in [0.05, 0.1) is 0 Å². The van der Waals surface area contributed by atoms with E-state index < -0.39 is 6.04 Å². The zero-order valence-corrected chi connectivity index (χ0v) is 22.8. The van der Waals surface area contributed by atoms with Gasteiger partial charge in [0.2, 0.25) is 5.91 Å². The molecule has 190 valence electrons. The van der Waals surface area contributed by atoms with Crippen LogP contribution >= 0.6 is 15.9 Å². The maximum Gasteiger partial charge on any atom is 0.261 e. The Kier molecular flexibility index (Phi) is 10.6. The van der Waals surface area contributed by atoms with Crippen molar-refractivity contribution in [3.63, 3.8) is 0 Å². The third-order valence-electron chi connectivity index (χ3n) is 6.23. The number of hydrogen-bond acceptors (Lipinski definition) is 3. The van der Waals surface area contributed by atoms with Gasteiger partial charge < -0.3 is 15.0 Å². The average molecular weight is 552 g/mol. The molecule has 36 heavy (non-hydrogen) atoms. The standard InChI is InChI=1S/C30H35BrN2O3/c1-4-22(3)32-30(35)28(19-24-9-7-6-8-10-24)33(20-25-11-15-26(31)16-12-25)29(34)21-36-27-17-13-23(5-2)14-18-27/h6-18,22,28H,4-5,19-21H2,1-3H3,(H,32,35)/t22-,28+/m0/s1. The Morgan fingerprint density at radius 3 is 2.14 bits per heavy atom. The van der Waals surface area contributed by atoms with E-state index >= 15 is 0 Å². The van der Waals surface area contributed by atoms with Crippen molar-refractivity contribution in [1.29, 1.82) is 0 Å². The van der Waals surface area contributed by atoms with Gasteiger partial charge in [-0.1, -0.05) is 84.4 Å². The molecule has 0 aliphatic heterocycles. The predicted molar refractivity (Wildman–Crippen MR) is 148 cm³/mol. The number of rotatable bonds is 12. The second-order valence-corrected chi connectivity index (χ2v) is 9.87. The summed E-state index contributed by atoms with van der Waals surface area (Å²) >= 11 is 3.47. The number of nitrogens with zero attached hydrogens (tertiary/aromatic N) is 1. The lowest BCUT2D eigenvalue weighted by molar-refractivity contribution is -0.143. The molecule has 0 saturated heterocycles. The van der Waals surface area contributed by atoms with Crippen LogP contribution in [0.25, 0.3) is 0 Å². The van der Waals surface area contributed by atoms with Crippen LogP contribution in [0.4, 0.5) is 0 Å². The Hall–Kier alpha value is -3.12. The zero-order valence-electron chi connectivity index (χ0n) is 21.2. The summed E-state index contributed by atoms with van der Waals surface area (Å²) in [6.07, 6.45) is 2.16. The highest BCUT2D eigenvalue weighted by Crippen LogP contribution is 2.18. The summed E-state index contributed by atoms with van der Waals surface area (Å²) in [5, 5.41) is 3.09. The maximum absolute atomic E-state index is 13.6. The highest BCUT2D eigenvalue weighted by atomic mass is 79.9. The first-order valence-electron chi connectivity index (χ1n) is 12.5. The van der Waals surface area contributed by atoms with E-state index in [2.05, 4.69) is 28.2 Å². The highest BCUT2D eigenvalue weighted by Gasteiger charge is 2.31. The second-order valence-electron chi connectivity index (χ2n) is 8.96. The van der Waals surface area contributed by atoms with E-state index in [0.717, 1.165) is 28.4 Å². The van der Waals surface area contributed by atoms with Gasteiger partial charge in [0, 0.05) is 23.5 Å². The molecule has 0 aromatic heterocycles. The minimum absolute atomic E-state index is 0.00809. The number of carbonyl (C=O) groups excluding carboxylic acids is 2. The smallest absolute Gasteiger partial charge is 0.261 e. The molecule has 0 unspecified atom stereocenters. The number of nitrogens with one attached hydrogen (secondary N) is 1. The monoisotopic (exact) mass is 550 g/mol. The summed E-state index contributed by atoms with van der Waals surface area (Å²) < 4.78 is 6.81. The van der Waals surface area contributed by atoms with Crippen LogP contribution in [0.2, 0.25) is 0 Å².